The zero-order valence-electron chi connectivity index (χ0n) is 9.73. The van der Waals surface area contributed by atoms with E-state index in [1.165, 1.54) is 0 Å². The molecule has 0 aliphatic carbocycles. The lowest BCUT2D eigenvalue weighted by Crippen LogP contribution is -2.45. The topological polar surface area (TPSA) is 56.5 Å². The monoisotopic (exact) mass is 212 g/mol. The van der Waals surface area contributed by atoms with Crippen LogP contribution < -0.4 is 0 Å². The van der Waals surface area contributed by atoms with Crippen LogP contribution in [0, 0.1) is 17.2 Å². The van der Waals surface area contributed by atoms with Crippen molar-refractivity contribution in [3.8, 4) is 6.07 Å². The lowest BCUT2D eigenvalue weighted by atomic mass is 9.99. The summed E-state index contributed by atoms with van der Waals surface area (Å²) in [6.45, 7) is 7.21. The highest BCUT2D eigenvalue weighted by Crippen LogP contribution is 2.20. The van der Waals surface area contributed by atoms with Crippen LogP contribution in [0.5, 0.6) is 0 Å². The minimum Gasteiger partial charge on any atom is -0.356 e. The molecule has 0 bridgehead atoms. The Morgan fingerprint density at radius 1 is 1.40 bits per heavy atom. The quantitative estimate of drug-likeness (QED) is 0.701. The molecule has 1 saturated heterocycles. The van der Waals surface area contributed by atoms with E-state index in [0.29, 0.717) is 0 Å². The molecule has 1 N–H and O–H groups in total. The number of rotatable bonds is 2. The van der Waals surface area contributed by atoms with Crippen molar-refractivity contribution in [2.75, 3.05) is 13.1 Å². The van der Waals surface area contributed by atoms with E-state index in [1.807, 2.05) is 25.7 Å². The molecular weight excluding hydrogens is 192 g/mol. The highest BCUT2D eigenvalue weighted by molar-refractivity contribution is 4.87. The molecule has 0 aromatic rings. The second kappa shape index (κ2) is 4.93. The van der Waals surface area contributed by atoms with Crippen molar-refractivity contribution >= 4 is 0 Å². The molecule has 0 aromatic heterocycles. The molecule has 0 saturated carbocycles. The molecule has 4 heteroatoms. The maximum absolute atomic E-state index is 9.79. The zero-order valence-corrected chi connectivity index (χ0v) is 9.73. The van der Waals surface area contributed by atoms with Crippen molar-refractivity contribution in [3.63, 3.8) is 0 Å². The predicted molar refractivity (Wildman–Crippen MR) is 56.8 cm³/mol. The number of hydrogen-bond donors (Lipinski definition) is 1. The highest BCUT2D eigenvalue weighted by atomic mass is 16.6. The molecule has 15 heavy (non-hydrogen) atoms. The van der Waals surface area contributed by atoms with Crippen molar-refractivity contribution in [1.82, 2.24) is 4.90 Å². The molecule has 0 spiro atoms. The van der Waals surface area contributed by atoms with Crippen LogP contribution in [-0.4, -0.2) is 35.1 Å². The lowest BCUT2D eigenvalue weighted by molar-refractivity contribution is -0.242. The molecule has 0 aromatic carbocycles. The van der Waals surface area contributed by atoms with Gasteiger partial charge in [0.15, 0.2) is 0 Å². The summed E-state index contributed by atoms with van der Waals surface area (Å²) >= 11 is 0. The molecule has 86 valence electrons. The van der Waals surface area contributed by atoms with Crippen LogP contribution in [0.3, 0.4) is 0 Å². The third kappa shape index (κ3) is 4.17. The van der Waals surface area contributed by atoms with Gasteiger partial charge < -0.3 is 9.84 Å². The first-order valence-corrected chi connectivity index (χ1v) is 5.42. The molecule has 1 heterocycles. The smallest absolute Gasteiger partial charge is 0.216 e. The largest absolute Gasteiger partial charge is 0.356 e. The Morgan fingerprint density at radius 3 is 2.33 bits per heavy atom. The average Bonchev–Trinajstić information content (AvgIpc) is 2.15. The van der Waals surface area contributed by atoms with Crippen molar-refractivity contribution in [2.45, 2.75) is 45.6 Å². The molecule has 1 atom stereocenters. The first-order chi connectivity index (χ1) is 6.92. The number of aliphatic hydroxyl groups excluding tert-OH is 1. The average molecular weight is 212 g/mol. The van der Waals surface area contributed by atoms with E-state index in [2.05, 4.69) is 6.07 Å². The summed E-state index contributed by atoms with van der Waals surface area (Å²) in [7, 11) is 0. The Bertz CT molecular complexity index is 234. The van der Waals surface area contributed by atoms with E-state index < -0.39 is 6.41 Å². The summed E-state index contributed by atoms with van der Waals surface area (Å²) in [5.74, 6) is 0.142. The standard InChI is InChI=1S/C11H20N2O2/c1-11(2,3)15-10(14)13-6-4-9(8-12)5-7-13/h9-10,14H,4-7H2,1-3H3. The van der Waals surface area contributed by atoms with Crippen LogP contribution >= 0.6 is 0 Å². The van der Waals surface area contributed by atoms with Gasteiger partial charge in [-0.3, -0.25) is 4.90 Å². The van der Waals surface area contributed by atoms with Gasteiger partial charge in [-0.05, 0) is 33.6 Å². The van der Waals surface area contributed by atoms with Gasteiger partial charge in [0.1, 0.15) is 0 Å². The Labute approximate surface area is 91.4 Å². The molecule has 0 radical (unpaired) electrons. The number of nitriles is 1. The Kier molecular flexibility index (Phi) is 4.09. The Hall–Kier alpha value is -0.630. The summed E-state index contributed by atoms with van der Waals surface area (Å²) in [5, 5.41) is 18.5. The fourth-order valence-electron chi connectivity index (χ4n) is 1.64. The van der Waals surface area contributed by atoms with Crippen LogP contribution in [0.15, 0.2) is 0 Å². The van der Waals surface area contributed by atoms with Crippen molar-refractivity contribution in [3.05, 3.63) is 0 Å². The summed E-state index contributed by atoms with van der Waals surface area (Å²) in [4.78, 5) is 1.87. The molecule has 0 amide bonds. The number of hydrogen-bond acceptors (Lipinski definition) is 4. The third-order valence-corrected chi connectivity index (χ3v) is 2.48. The second-order valence-electron chi connectivity index (χ2n) is 5.00. The fourth-order valence-corrected chi connectivity index (χ4v) is 1.64. The Morgan fingerprint density at radius 2 is 1.93 bits per heavy atom. The number of likely N-dealkylation sites (tertiary alicyclic amines) is 1. The summed E-state index contributed by atoms with van der Waals surface area (Å²) in [6, 6.07) is 2.26. The van der Waals surface area contributed by atoms with E-state index in [0.717, 1.165) is 25.9 Å². The number of aliphatic hydroxyl groups is 1. The van der Waals surface area contributed by atoms with Crippen LogP contribution in [-0.2, 0) is 4.74 Å². The first-order valence-electron chi connectivity index (χ1n) is 5.42. The Balaban J connectivity index is 2.37. The highest BCUT2D eigenvalue weighted by Gasteiger charge is 2.26. The van der Waals surface area contributed by atoms with E-state index in [-0.39, 0.29) is 11.5 Å². The van der Waals surface area contributed by atoms with Gasteiger partial charge in [-0.1, -0.05) is 0 Å². The van der Waals surface area contributed by atoms with E-state index >= 15 is 0 Å². The zero-order chi connectivity index (χ0) is 11.5. The normalized spacial score (nSPS) is 22.3. The maximum Gasteiger partial charge on any atom is 0.216 e. The summed E-state index contributed by atoms with van der Waals surface area (Å²) < 4.78 is 5.44. The number of nitrogens with zero attached hydrogens (tertiary/aromatic N) is 2. The summed E-state index contributed by atoms with van der Waals surface area (Å²) in [5.41, 5.74) is -0.342. The fraction of sp³-hybridized carbons (Fsp3) is 0.909. The molecule has 1 aliphatic heterocycles. The van der Waals surface area contributed by atoms with Gasteiger partial charge in [0.25, 0.3) is 0 Å². The van der Waals surface area contributed by atoms with Crippen LogP contribution in [0.4, 0.5) is 0 Å². The maximum atomic E-state index is 9.79. The van der Waals surface area contributed by atoms with Gasteiger partial charge in [-0.2, -0.15) is 5.26 Å². The van der Waals surface area contributed by atoms with Gasteiger partial charge in [-0.15, -0.1) is 0 Å². The van der Waals surface area contributed by atoms with Crippen LogP contribution in [0.1, 0.15) is 33.6 Å². The molecule has 4 nitrogen and oxygen atoms in total. The first kappa shape index (κ1) is 12.4. The van der Waals surface area contributed by atoms with E-state index in [1.54, 1.807) is 0 Å². The van der Waals surface area contributed by atoms with Crippen molar-refractivity contribution in [2.24, 2.45) is 5.92 Å². The van der Waals surface area contributed by atoms with Crippen molar-refractivity contribution in [1.29, 1.82) is 5.26 Å². The number of piperidine rings is 1. The van der Waals surface area contributed by atoms with Gasteiger partial charge in [0.05, 0.1) is 11.7 Å². The molecule has 1 aliphatic rings. The minimum absolute atomic E-state index is 0.142. The van der Waals surface area contributed by atoms with Gasteiger partial charge in [0, 0.05) is 19.0 Å². The van der Waals surface area contributed by atoms with E-state index in [4.69, 9.17) is 10.00 Å². The van der Waals surface area contributed by atoms with Crippen LogP contribution in [0.2, 0.25) is 0 Å². The summed E-state index contributed by atoms with van der Waals surface area (Å²) in [6.07, 6.45) is 0.798. The molecule has 1 rings (SSSR count). The van der Waals surface area contributed by atoms with Crippen LogP contribution in [0.25, 0.3) is 0 Å². The lowest BCUT2D eigenvalue weighted by Gasteiger charge is -2.35. The number of ether oxygens (including phenoxy) is 1. The minimum atomic E-state index is -0.843. The molecule has 1 fully saturated rings. The van der Waals surface area contributed by atoms with E-state index in [9.17, 15) is 5.11 Å². The van der Waals surface area contributed by atoms with Gasteiger partial charge >= 0.3 is 0 Å². The molecular formula is C11H20N2O2. The van der Waals surface area contributed by atoms with Gasteiger partial charge in [-0.25, -0.2) is 0 Å². The SMILES string of the molecule is CC(C)(C)OC(O)N1CCC(C#N)CC1. The van der Waals surface area contributed by atoms with Gasteiger partial charge in [0.2, 0.25) is 6.41 Å². The third-order valence-electron chi connectivity index (χ3n) is 2.48. The van der Waals surface area contributed by atoms with Crippen molar-refractivity contribution < 1.29 is 9.84 Å². The molecule has 1 unspecified atom stereocenters. The second-order valence-corrected chi connectivity index (χ2v) is 5.00. The predicted octanol–water partition coefficient (Wildman–Crippen LogP) is 1.31.